The lowest BCUT2D eigenvalue weighted by Gasteiger charge is -2.21. The van der Waals surface area contributed by atoms with Gasteiger partial charge in [-0.15, -0.1) is 0 Å². The average molecular weight is 445 g/mol. The van der Waals surface area contributed by atoms with Crippen LogP contribution in [0.25, 0.3) is 5.69 Å². The van der Waals surface area contributed by atoms with Crippen molar-refractivity contribution < 1.29 is 10.2 Å². The number of nitrogens with one attached hydrogen (secondary N) is 1. The molecule has 0 amide bonds. The van der Waals surface area contributed by atoms with Gasteiger partial charge in [-0.05, 0) is 55.5 Å². The van der Waals surface area contributed by atoms with E-state index in [1.807, 2.05) is 24.0 Å². The van der Waals surface area contributed by atoms with Gasteiger partial charge in [0, 0.05) is 25.0 Å². The molecule has 0 saturated carbocycles. The first kappa shape index (κ1) is 21.8. The van der Waals surface area contributed by atoms with Crippen LogP contribution in [-0.2, 0) is 0 Å². The number of halogens is 1. The monoisotopic (exact) mass is 444 g/mol. The predicted molar refractivity (Wildman–Crippen MR) is 123 cm³/mol. The highest BCUT2D eigenvalue weighted by Crippen LogP contribution is 2.25. The third-order valence-corrected chi connectivity index (χ3v) is 5.13. The Morgan fingerprint density at radius 2 is 1.93 bits per heavy atom. The Morgan fingerprint density at radius 1 is 1.23 bits per heavy atom. The first-order chi connectivity index (χ1) is 14.5. The second-order valence-corrected chi connectivity index (χ2v) is 7.16. The highest BCUT2D eigenvalue weighted by atomic mass is 35.5. The summed E-state index contributed by atoms with van der Waals surface area (Å²) in [4.78, 5) is 21.2. The van der Waals surface area contributed by atoms with Crippen molar-refractivity contribution in [2.75, 3.05) is 24.6 Å². The Hall–Kier alpha value is -2.94. The number of likely N-dealkylation sites (N-methyl/N-ethyl adjacent to an activating group) is 1. The molecule has 3 N–H and O–H groups in total. The molecule has 0 unspecified atom stereocenters. The van der Waals surface area contributed by atoms with Crippen molar-refractivity contribution in [3.05, 3.63) is 74.2 Å². The second kappa shape index (κ2) is 9.71. The highest BCUT2D eigenvalue weighted by molar-refractivity contribution is 7.71. The van der Waals surface area contributed by atoms with Crippen molar-refractivity contribution >= 4 is 41.4 Å². The average Bonchev–Trinajstić information content (AvgIpc) is 2.73. The molecule has 0 aliphatic rings. The number of hydrogen-bond donors (Lipinski definition) is 3. The molecule has 30 heavy (non-hydrogen) atoms. The van der Waals surface area contributed by atoms with Crippen LogP contribution in [0.4, 0.5) is 11.4 Å². The van der Waals surface area contributed by atoms with E-state index in [9.17, 15) is 9.90 Å². The topological polar surface area (TPSA) is 93.8 Å². The van der Waals surface area contributed by atoms with E-state index < -0.39 is 5.56 Å². The number of aromatic hydroxyl groups is 1. The molecule has 0 spiro atoms. The Balaban J connectivity index is 1.96. The Kier molecular flexibility index (Phi) is 7.04. The fraction of sp³-hybridized carbons (Fsp3) is 0.190. The zero-order valence-electron chi connectivity index (χ0n) is 16.2. The SMILES string of the molecule is CCN(CCO)c1ccc(N=Cc2c(O)n(-c3ccccc3Cl)c(=S)[nH]c2=O)cc1. The van der Waals surface area contributed by atoms with Gasteiger partial charge in [0.2, 0.25) is 5.88 Å². The zero-order chi connectivity index (χ0) is 21.7. The smallest absolute Gasteiger partial charge is 0.264 e. The molecule has 3 aromatic rings. The fourth-order valence-electron chi connectivity index (χ4n) is 2.99. The third-order valence-electron chi connectivity index (χ3n) is 4.52. The molecule has 3 rings (SSSR count). The molecule has 0 aliphatic heterocycles. The summed E-state index contributed by atoms with van der Waals surface area (Å²) in [6, 6.07) is 14.2. The quantitative estimate of drug-likeness (QED) is 0.380. The van der Waals surface area contributed by atoms with E-state index in [2.05, 4.69) is 9.98 Å². The molecular formula is C21H21ClN4O3S. The molecule has 156 valence electrons. The van der Waals surface area contributed by atoms with Gasteiger partial charge in [0.05, 0.1) is 23.0 Å². The number of benzene rings is 2. The third kappa shape index (κ3) is 4.62. The summed E-state index contributed by atoms with van der Waals surface area (Å²) in [7, 11) is 0. The summed E-state index contributed by atoms with van der Waals surface area (Å²) >= 11 is 11.4. The minimum atomic E-state index is -0.554. The maximum atomic E-state index is 12.4. The van der Waals surface area contributed by atoms with Crippen LogP contribution in [0.3, 0.4) is 0 Å². The van der Waals surface area contributed by atoms with Gasteiger partial charge < -0.3 is 15.1 Å². The summed E-state index contributed by atoms with van der Waals surface area (Å²) in [5.74, 6) is -0.350. The van der Waals surface area contributed by atoms with Crippen molar-refractivity contribution in [1.29, 1.82) is 0 Å². The number of H-pyrrole nitrogens is 1. The molecule has 0 aliphatic carbocycles. The molecule has 0 fully saturated rings. The number of aliphatic imine (C=N–C) groups is 1. The highest BCUT2D eigenvalue weighted by Gasteiger charge is 2.14. The number of aromatic amines is 1. The fourth-order valence-corrected chi connectivity index (χ4v) is 3.49. The maximum Gasteiger partial charge on any atom is 0.264 e. The summed E-state index contributed by atoms with van der Waals surface area (Å²) in [5, 5.41) is 20.2. The van der Waals surface area contributed by atoms with Gasteiger partial charge in [-0.3, -0.25) is 19.3 Å². The molecule has 9 heteroatoms. The standard InChI is InChI=1S/C21H21ClN4O3S/c1-2-25(11-12-27)15-9-7-14(8-10-15)23-13-16-19(28)24-21(30)26(20(16)29)18-6-4-3-5-17(18)22/h3-10,13,27,29H,2,11-12H2,1H3,(H,24,28,30). The van der Waals surface area contributed by atoms with Gasteiger partial charge in [0.25, 0.3) is 5.56 Å². The molecule has 0 radical (unpaired) electrons. The van der Waals surface area contributed by atoms with Crippen molar-refractivity contribution in [2.24, 2.45) is 4.99 Å². The zero-order valence-corrected chi connectivity index (χ0v) is 17.8. The number of anilines is 1. The van der Waals surface area contributed by atoms with Crippen LogP contribution in [0.2, 0.25) is 5.02 Å². The van der Waals surface area contributed by atoms with Gasteiger partial charge in [0.1, 0.15) is 5.56 Å². The predicted octanol–water partition coefficient (Wildman–Crippen LogP) is 3.82. The first-order valence-electron chi connectivity index (χ1n) is 9.29. The first-order valence-corrected chi connectivity index (χ1v) is 10.1. The summed E-state index contributed by atoms with van der Waals surface area (Å²) in [6.07, 6.45) is 1.29. The number of aliphatic hydroxyl groups is 1. The van der Waals surface area contributed by atoms with Crippen molar-refractivity contribution in [3.63, 3.8) is 0 Å². The Morgan fingerprint density at radius 3 is 2.57 bits per heavy atom. The van der Waals surface area contributed by atoms with Crippen LogP contribution in [0.15, 0.2) is 58.3 Å². The summed E-state index contributed by atoms with van der Waals surface area (Å²) in [5.41, 5.74) is 1.41. The van der Waals surface area contributed by atoms with Crippen molar-refractivity contribution in [2.45, 2.75) is 6.92 Å². The Bertz CT molecular complexity index is 1170. The second-order valence-electron chi connectivity index (χ2n) is 6.36. The van der Waals surface area contributed by atoms with Gasteiger partial charge >= 0.3 is 0 Å². The normalized spacial score (nSPS) is 11.2. The van der Waals surface area contributed by atoms with Gasteiger partial charge in [0.15, 0.2) is 4.77 Å². The van der Waals surface area contributed by atoms with E-state index in [4.69, 9.17) is 28.9 Å². The minimum Gasteiger partial charge on any atom is -0.494 e. The minimum absolute atomic E-state index is 0.0237. The number of aliphatic hydroxyl groups excluding tert-OH is 1. The number of rotatable bonds is 7. The van der Waals surface area contributed by atoms with E-state index in [0.29, 0.717) is 22.9 Å². The van der Waals surface area contributed by atoms with Crippen molar-refractivity contribution in [3.8, 4) is 11.6 Å². The van der Waals surface area contributed by atoms with E-state index in [1.165, 1.54) is 10.8 Å². The van der Waals surface area contributed by atoms with E-state index in [0.717, 1.165) is 12.2 Å². The van der Waals surface area contributed by atoms with Gasteiger partial charge in [-0.25, -0.2) is 0 Å². The van der Waals surface area contributed by atoms with E-state index in [1.54, 1.807) is 36.4 Å². The Labute approximate surface area is 183 Å². The van der Waals surface area contributed by atoms with Crippen molar-refractivity contribution in [1.82, 2.24) is 9.55 Å². The molecule has 2 aromatic carbocycles. The number of hydrogen-bond acceptors (Lipinski definition) is 6. The van der Waals surface area contributed by atoms with Crippen LogP contribution in [0.5, 0.6) is 5.88 Å². The summed E-state index contributed by atoms with van der Waals surface area (Å²) in [6.45, 7) is 3.38. The molecular weight excluding hydrogens is 424 g/mol. The lowest BCUT2D eigenvalue weighted by Crippen LogP contribution is -2.25. The number of nitrogens with zero attached hydrogens (tertiary/aromatic N) is 3. The molecule has 7 nitrogen and oxygen atoms in total. The molecule has 0 atom stereocenters. The molecule has 0 bridgehead atoms. The lowest BCUT2D eigenvalue weighted by atomic mass is 10.2. The number of aromatic nitrogens is 2. The van der Waals surface area contributed by atoms with E-state index >= 15 is 0 Å². The molecule has 1 aromatic heterocycles. The molecule has 1 heterocycles. The van der Waals surface area contributed by atoms with Crippen LogP contribution in [-0.4, -0.2) is 45.7 Å². The molecule has 0 saturated heterocycles. The van der Waals surface area contributed by atoms with Crippen LogP contribution in [0, 0.1) is 4.77 Å². The lowest BCUT2D eigenvalue weighted by molar-refractivity contribution is 0.302. The van der Waals surface area contributed by atoms with Gasteiger partial charge in [-0.2, -0.15) is 0 Å². The van der Waals surface area contributed by atoms with Crippen LogP contribution in [0.1, 0.15) is 12.5 Å². The summed E-state index contributed by atoms with van der Waals surface area (Å²) < 4.78 is 1.31. The maximum absolute atomic E-state index is 12.4. The van der Waals surface area contributed by atoms with E-state index in [-0.39, 0.29) is 22.8 Å². The van der Waals surface area contributed by atoms with Crippen LogP contribution < -0.4 is 10.5 Å². The van der Waals surface area contributed by atoms with Gasteiger partial charge in [-0.1, -0.05) is 23.7 Å². The largest absolute Gasteiger partial charge is 0.494 e. The van der Waals surface area contributed by atoms with Crippen LogP contribution >= 0.6 is 23.8 Å². The number of para-hydroxylation sites is 1.